The Labute approximate surface area is 814 Å². The molecule has 0 bridgehead atoms. The highest BCUT2D eigenvalue weighted by Gasteiger charge is 2.35. The molecule has 726 valence electrons. The number of benzene rings is 8. The molecule has 0 spiro atoms. The van der Waals surface area contributed by atoms with Crippen molar-refractivity contribution in [2.24, 2.45) is 5.73 Å². The van der Waals surface area contributed by atoms with E-state index in [-0.39, 0.29) is 82.1 Å². The number of rotatable bonds is 39. The third-order valence-corrected chi connectivity index (χ3v) is 18.3. The van der Waals surface area contributed by atoms with Crippen LogP contribution in [0.4, 0.5) is 9.59 Å². The van der Waals surface area contributed by atoms with E-state index in [4.69, 9.17) is 108 Å². The Hall–Kier alpha value is -11.5. The molecule has 6 amide bonds. The highest BCUT2D eigenvalue weighted by molar-refractivity contribution is 7.78. The predicted molar refractivity (Wildman–Crippen MR) is 525 cm³/mol. The number of hydrogen-bond donors (Lipinski definition) is 10. The van der Waals surface area contributed by atoms with Crippen molar-refractivity contribution in [1.29, 1.82) is 0 Å². The molecule has 0 saturated carbocycles. The highest BCUT2D eigenvalue weighted by Crippen LogP contribution is 2.26. The Morgan fingerprint density at radius 3 is 0.850 bits per heavy atom. The van der Waals surface area contributed by atoms with E-state index in [0.717, 1.165) is 22.3 Å². The Morgan fingerprint density at radius 1 is 0.383 bits per heavy atom. The number of carboxylic acid groups (broad SMARTS) is 1. The Kier molecular flexibility index (Phi) is 51.9. The Balaban J connectivity index is 0.000000578. The molecule has 8 rings (SSSR count). The fourth-order valence-corrected chi connectivity index (χ4v) is 11.0. The number of ether oxygens (including phenoxy) is 9. The van der Waals surface area contributed by atoms with Gasteiger partial charge in [0.15, 0.2) is 22.4 Å². The van der Waals surface area contributed by atoms with Crippen molar-refractivity contribution < 1.29 is 104 Å². The summed E-state index contributed by atoms with van der Waals surface area (Å²) in [5.74, 6) is -1.00. The molecule has 0 aliphatic heterocycles. The van der Waals surface area contributed by atoms with Crippen LogP contribution < -0.4 is 61.9 Å². The summed E-state index contributed by atoms with van der Waals surface area (Å²) in [6.07, 6.45) is 2.19. The van der Waals surface area contributed by atoms with Crippen molar-refractivity contribution in [3.63, 3.8) is 0 Å². The minimum Gasteiger partial charge on any atom is -0.478 e. The Morgan fingerprint density at radius 2 is 0.624 bits per heavy atom. The van der Waals surface area contributed by atoms with Gasteiger partial charge in [0, 0.05) is 90.9 Å². The van der Waals surface area contributed by atoms with Crippen LogP contribution in [0.3, 0.4) is 0 Å². The van der Waals surface area contributed by atoms with Crippen LogP contribution in [0.5, 0.6) is 23.0 Å². The summed E-state index contributed by atoms with van der Waals surface area (Å²) in [7, 11) is 0. The molecule has 1 atom stereocenters. The largest absolute Gasteiger partial charge is 0.478 e. The van der Waals surface area contributed by atoms with Crippen molar-refractivity contribution in [2.75, 3.05) is 78.8 Å². The molecule has 0 heterocycles. The molecule has 0 radical (unpaired) electrons. The number of nitrogens with one attached hydrogen (secondary N) is 7. The smallest absolute Gasteiger partial charge is 0.407 e. The molecule has 0 aliphatic carbocycles. The minimum atomic E-state index is -1.28. The molecule has 35 heteroatoms. The maximum absolute atomic E-state index is 12.4. The molecular weight excluding hydrogens is 1830 g/mol. The van der Waals surface area contributed by atoms with Gasteiger partial charge in [-0.15, -0.1) is 12.4 Å². The molecule has 11 N–H and O–H groups in total. The first-order valence-electron chi connectivity index (χ1n) is 43.4. The summed E-state index contributed by atoms with van der Waals surface area (Å²) in [5, 5.41) is 38.9. The lowest BCUT2D eigenvalue weighted by Crippen LogP contribution is -2.41. The van der Waals surface area contributed by atoms with Crippen LogP contribution in [0, 0.1) is 0 Å². The number of esters is 3. The van der Waals surface area contributed by atoms with E-state index in [1.54, 1.807) is 229 Å². The lowest BCUT2D eigenvalue weighted by atomic mass is 10.1. The molecular formula is C98H127Cl5N8O21S. The number of hydrogen-bond acceptors (Lipinski definition) is 22. The van der Waals surface area contributed by atoms with Crippen LogP contribution in [0.25, 0.3) is 0 Å². The zero-order chi connectivity index (χ0) is 100. The topological polar surface area (TPSA) is 404 Å². The normalized spacial score (nSPS) is 11.3. The van der Waals surface area contributed by atoms with Crippen molar-refractivity contribution in [3.05, 3.63) is 259 Å². The Bertz CT molecular complexity index is 4940. The van der Waals surface area contributed by atoms with Gasteiger partial charge < -0.3 is 95.8 Å². The zero-order valence-electron chi connectivity index (χ0n) is 79.7. The van der Waals surface area contributed by atoms with Crippen molar-refractivity contribution in [3.8, 4) is 23.0 Å². The van der Waals surface area contributed by atoms with Crippen LogP contribution >= 0.6 is 71.0 Å². The van der Waals surface area contributed by atoms with E-state index in [0.29, 0.717) is 130 Å². The number of aliphatic hydroxyl groups is 1. The van der Waals surface area contributed by atoms with E-state index < -0.39 is 76.5 Å². The van der Waals surface area contributed by atoms with Crippen LogP contribution in [0.2, 0.25) is 20.1 Å². The SMILES string of the molecule is CC(C)(C)OC(=O)NCCO.CC(C)(C)OC(=O)NCCOC(=O)C(C)(C)Oc1ccc(CCNC(=O)c2ccc(Cl)cc2)cc1.CC(C)(Oc1ccc(CCNC(=O)c2ccc(Cl)cc2)cc1)C(=O)O.CC(C)(Oc1ccc(CCNC(=O)c2ccc(Cl)cc2)cc1)C(=O)OCCN.CC(C)(Oc1ccc(CCNC(=O)c2ccc(Cl)cc2)cc1)C(=O)OCCNC=S.Cl.[2H]C([3H])CC. The van der Waals surface area contributed by atoms with Gasteiger partial charge in [-0.3, -0.25) is 19.2 Å². The molecule has 0 fully saturated rings. The van der Waals surface area contributed by atoms with Gasteiger partial charge in [-0.05, 0) is 290 Å². The summed E-state index contributed by atoms with van der Waals surface area (Å²) in [5.41, 5.74) is 7.23. The van der Waals surface area contributed by atoms with Crippen LogP contribution in [-0.4, -0.2) is 188 Å². The number of carboxylic acids is 1. The third kappa shape index (κ3) is 50.3. The quantitative estimate of drug-likeness (QED) is 0.00740. The van der Waals surface area contributed by atoms with Gasteiger partial charge >= 0.3 is 36.1 Å². The lowest BCUT2D eigenvalue weighted by molar-refractivity contribution is -0.159. The van der Waals surface area contributed by atoms with E-state index >= 15 is 0 Å². The molecule has 0 aromatic heterocycles. The first-order chi connectivity index (χ1) is 63.0. The minimum absolute atomic E-state index is 0. The third-order valence-electron chi connectivity index (χ3n) is 17.1. The summed E-state index contributed by atoms with van der Waals surface area (Å²) in [6, 6.07) is 56.0. The summed E-state index contributed by atoms with van der Waals surface area (Å²) >= 11 is 27.9. The van der Waals surface area contributed by atoms with Crippen LogP contribution in [0.1, 0.15) is 184 Å². The first kappa shape index (κ1) is 114. The number of thiocarbonyl (C=S) groups is 1. The van der Waals surface area contributed by atoms with E-state index in [9.17, 15) is 47.9 Å². The maximum atomic E-state index is 12.4. The summed E-state index contributed by atoms with van der Waals surface area (Å²) < 4.78 is 61.2. The summed E-state index contributed by atoms with van der Waals surface area (Å²) in [6.45, 7) is 28.0. The second-order valence-electron chi connectivity index (χ2n) is 32.6. The van der Waals surface area contributed by atoms with E-state index in [2.05, 4.69) is 49.4 Å². The molecule has 29 nitrogen and oxygen atoms in total. The number of nitrogens with two attached hydrogens (primary N) is 1. The number of carbonyl (C=O) groups is 10. The van der Waals surface area contributed by atoms with Crippen LogP contribution in [0.15, 0.2) is 194 Å². The second kappa shape index (κ2) is 60.6. The van der Waals surface area contributed by atoms with Gasteiger partial charge in [-0.2, -0.15) is 0 Å². The molecule has 0 saturated heterocycles. The molecule has 1 unspecified atom stereocenters. The zero-order valence-corrected chi connectivity index (χ0v) is 82.4. The van der Waals surface area contributed by atoms with Crippen molar-refractivity contribution >= 4 is 136 Å². The standard InChI is InChI=1S/C26H33ClN2O6.C22H25ClN2O4S.C21H25ClN2O4.C19H20ClNO4.C7H15NO3.C3H8.ClH/c1-25(2,3)35-24(32)29-16-17-33-23(31)26(4,5)34-21-12-6-18(7-13-21)14-15-28-22(30)19-8-10-20(27)11-9-19;1-22(2,21(27)28-14-13-24-15-30)29-19-9-3-16(4-10-19)11-12-25-20(26)17-5-7-18(23)8-6-17;1-21(2,20(26)27-14-12-23)28-18-9-3-15(4-10-18)11-13-24-19(25)16-5-7-17(22)8-6-16;1-19(2,18(23)24)25-16-9-3-13(4-10-16)11-12-21-17(22)14-5-7-15(20)8-6-14;1-7(2,3)11-6(10)8-4-5-9;1-3-2;/h6-13H,14-17H2,1-5H3,(H,28,30)(H,29,32);3-10,15H,11-14H2,1-2H3,(H,24,30)(H,25,26);3-10H,11-14,23H2,1-2H3,(H,24,25);3-10H,11-12H2,1-2H3,(H,21,22)(H,23,24);9H,4-5H2,1-3H3,(H,8,10);3H2,1-2H3;1H/i;;;;;1TD;. The molecule has 0 aliphatic rings. The summed E-state index contributed by atoms with van der Waals surface area (Å²) in [4.78, 5) is 118. The molecule has 8 aromatic carbocycles. The van der Waals surface area contributed by atoms with Gasteiger partial charge in [-0.25, -0.2) is 28.8 Å². The number of aliphatic hydroxyl groups excluding tert-OH is 1. The predicted octanol–water partition coefficient (Wildman–Crippen LogP) is 17.0. The van der Waals surface area contributed by atoms with Gasteiger partial charge in [0.25, 0.3) is 23.6 Å². The highest BCUT2D eigenvalue weighted by atomic mass is 35.5. The number of carbonyl (C=O) groups excluding carboxylic acids is 9. The fourth-order valence-electron chi connectivity index (χ4n) is 10.4. The van der Waals surface area contributed by atoms with Gasteiger partial charge in [0.05, 0.1) is 18.6 Å². The van der Waals surface area contributed by atoms with Gasteiger partial charge in [-0.1, -0.05) is 127 Å². The fraction of sp³-hybridized carbons (Fsp3) is 0.398. The number of alkyl carbamates (subject to hydrolysis) is 2. The van der Waals surface area contributed by atoms with Crippen LogP contribution in [-0.2, 0) is 68.5 Å². The average molecular weight is 1970 g/mol. The monoisotopic (exact) mass is 1960 g/mol. The molecule has 8 aromatic rings. The number of aliphatic carboxylic acids is 1. The van der Waals surface area contributed by atoms with E-state index in [1.165, 1.54) is 19.3 Å². The number of amides is 6. The van der Waals surface area contributed by atoms with Crippen molar-refractivity contribution in [1.82, 2.24) is 37.2 Å². The molecule has 133 heavy (non-hydrogen) atoms. The number of halogens is 5. The first-order valence-corrected chi connectivity index (χ1v) is 44.3. The second-order valence-corrected chi connectivity index (χ2v) is 34.6. The van der Waals surface area contributed by atoms with Gasteiger partial charge in [0.2, 0.25) is 0 Å². The maximum Gasteiger partial charge on any atom is 0.407 e. The average Bonchev–Trinajstić information content (AvgIpc) is 0.855. The van der Waals surface area contributed by atoms with Gasteiger partial charge in [0.1, 0.15) is 54.0 Å². The lowest BCUT2D eigenvalue weighted by Gasteiger charge is -2.24. The van der Waals surface area contributed by atoms with E-state index in [1.807, 2.05) is 55.5 Å². The van der Waals surface area contributed by atoms with Crippen molar-refractivity contribution in [2.45, 2.75) is 176 Å².